The van der Waals surface area contributed by atoms with Crippen molar-refractivity contribution in [3.8, 4) is 0 Å². The molecule has 17 heavy (non-hydrogen) atoms. The van der Waals surface area contributed by atoms with E-state index >= 15 is 0 Å². The van der Waals surface area contributed by atoms with E-state index in [4.69, 9.17) is 5.73 Å². The van der Waals surface area contributed by atoms with Crippen LogP contribution in [0.5, 0.6) is 0 Å². The smallest absolute Gasteiger partial charge is 0.216 e. The van der Waals surface area contributed by atoms with Crippen LogP contribution in [-0.2, 0) is 10.0 Å². The summed E-state index contributed by atoms with van der Waals surface area (Å²) in [6.07, 6.45) is 6.95. The van der Waals surface area contributed by atoms with Crippen LogP contribution in [-0.4, -0.2) is 37.6 Å². The van der Waals surface area contributed by atoms with E-state index < -0.39 is 10.0 Å². The van der Waals surface area contributed by atoms with Crippen molar-refractivity contribution >= 4 is 10.0 Å². The lowest BCUT2D eigenvalue weighted by Crippen LogP contribution is -2.44. The molecule has 1 aliphatic heterocycles. The molecule has 2 rings (SSSR count). The molecule has 1 unspecified atom stereocenters. The van der Waals surface area contributed by atoms with Gasteiger partial charge in [-0.2, -0.15) is 0 Å². The second-order valence-electron chi connectivity index (χ2n) is 5.40. The molecule has 1 saturated heterocycles. The van der Waals surface area contributed by atoms with E-state index in [0.717, 1.165) is 51.5 Å². The third kappa shape index (κ3) is 3.01. The SMILES string of the molecule is NCCC1CCCN(S(=O)(=O)C2CCCC2)C1. The molecule has 0 amide bonds. The molecular weight excluding hydrogens is 236 g/mol. The highest BCUT2D eigenvalue weighted by molar-refractivity contribution is 7.89. The molecule has 2 N–H and O–H groups in total. The zero-order valence-corrected chi connectivity index (χ0v) is 11.3. The summed E-state index contributed by atoms with van der Waals surface area (Å²) >= 11 is 0. The Morgan fingerprint density at radius 2 is 1.82 bits per heavy atom. The van der Waals surface area contributed by atoms with Crippen molar-refractivity contribution in [2.75, 3.05) is 19.6 Å². The van der Waals surface area contributed by atoms with Crippen molar-refractivity contribution in [3.05, 3.63) is 0 Å². The average Bonchev–Trinajstić information content (AvgIpc) is 2.84. The van der Waals surface area contributed by atoms with Crippen molar-refractivity contribution in [1.82, 2.24) is 4.31 Å². The maximum Gasteiger partial charge on any atom is 0.216 e. The lowest BCUT2D eigenvalue weighted by Gasteiger charge is -2.33. The molecule has 0 aromatic rings. The van der Waals surface area contributed by atoms with Crippen LogP contribution in [0.1, 0.15) is 44.9 Å². The standard InChI is InChI=1S/C12H24N2O2S/c13-8-7-11-4-3-9-14(10-11)17(15,16)12-5-1-2-6-12/h11-12H,1-10,13H2. The molecule has 2 aliphatic rings. The maximum atomic E-state index is 12.4. The molecule has 1 aliphatic carbocycles. The van der Waals surface area contributed by atoms with Crippen LogP contribution in [0, 0.1) is 5.92 Å². The van der Waals surface area contributed by atoms with Crippen LogP contribution < -0.4 is 5.73 Å². The first-order chi connectivity index (χ1) is 8.14. The first-order valence-corrected chi connectivity index (χ1v) is 8.34. The van der Waals surface area contributed by atoms with Gasteiger partial charge in [-0.3, -0.25) is 0 Å². The Kier molecular flexibility index (Phi) is 4.44. The van der Waals surface area contributed by atoms with Crippen LogP contribution in [0.25, 0.3) is 0 Å². The zero-order valence-electron chi connectivity index (χ0n) is 10.5. The van der Waals surface area contributed by atoms with Gasteiger partial charge < -0.3 is 5.73 Å². The van der Waals surface area contributed by atoms with Gasteiger partial charge in [-0.15, -0.1) is 0 Å². The van der Waals surface area contributed by atoms with E-state index in [1.54, 1.807) is 4.31 Å². The fourth-order valence-corrected chi connectivity index (χ4v) is 5.28. The molecule has 0 spiro atoms. The molecule has 1 saturated carbocycles. The molecule has 1 atom stereocenters. The van der Waals surface area contributed by atoms with E-state index in [0.29, 0.717) is 19.0 Å². The molecule has 2 fully saturated rings. The Balaban J connectivity index is 2.00. The number of rotatable bonds is 4. The molecule has 5 heteroatoms. The van der Waals surface area contributed by atoms with Gasteiger partial charge in [0, 0.05) is 13.1 Å². The summed E-state index contributed by atoms with van der Waals surface area (Å²) in [5.74, 6) is 0.477. The molecular formula is C12H24N2O2S. The molecule has 100 valence electrons. The van der Waals surface area contributed by atoms with Crippen LogP contribution in [0.2, 0.25) is 0 Å². The van der Waals surface area contributed by atoms with E-state index in [2.05, 4.69) is 0 Å². The Morgan fingerprint density at radius 3 is 2.47 bits per heavy atom. The highest BCUT2D eigenvalue weighted by Gasteiger charge is 2.36. The summed E-state index contributed by atoms with van der Waals surface area (Å²) in [5.41, 5.74) is 5.57. The van der Waals surface area contributed by atoms with E-state index in [1.807, 2.05) is 0 Å². The predicted octanol–water partition coefficient (Wildman–Crippen LogP) is 1.32. The number of sulfonamides is 1. The minimum Gasteiger partial charge on any atom is -0.330 e. The normalized spacial score (nSPS) is 28.6. The summed E-state index contributed by atoms with van der Waals surface area (Å²) in [6, 6.07) is 0. The predicted molar refractivity (Wildman–Crippen MR) is 69.1 cm³/mol. The monoisotopic (exact) mass is 260 g/mol. The Hall–Kier alpha value is -0.130. The minimum absolute atomic E-state index is 0.0980. The van der Waals surface area contributed by atoms with Gasteiger partial charge in [0.2, 0.25) is 10.0 Å². The summed E-state index contributed by atoms with van der Waals surface area (Å²) in [7, 11) is -3.02. The van der Waals surface area contributed by atoms with Crippen molar-refractivity contribution in [3.63, 3.8) is 0 Å². The zero-order chi connectivity index (χ0) is 12.3. The quantitative estimate of drug-likeness (QED) is 0.829. The van der Waals surface area contributed by atoms with E-state index in [1.165, 1.54) is 0 Å². The van der Waals surface area contributed by atoms with E-state index in [-0.39, 0.29) is 5.25 Å². The van der Waals surface area contributed by atoms with Crippen LogP contribution >= 0.6 is 0 Å². The fourth-order valence-electron chi connectivity index (χ4n) is 3.13. The summed E-state index contributed by atoms with van der Waals surface area (Å²) in [5, 5.41) is -0.0980. The number of piperidine rings is 1. The Bertz CT molecular complexity index is 334. The van der Waals surface area contributed by atoms with Gasteiger partial charge in [0.1, 0.15) is 0 Å². The second kappa shape index (κ2) is 5.67. The molecule has 0 aromatic carbocycles. The van der Waals surface area contributed by atoms with Crippen LogP contribution in [0.3, 0.4) is 0 Å². The van der Waals surface area contributed by atoms with Gasteiger partial charge in [0.25, 0.3) is 0 Å². The minimum atomic E-state index is -3.02. The molecule has 0 aromatic heterocycles. The highest BCUT2D eigenvalue weighted by atomic mass is 32.2. The average molecular weight is 260 g/mol. The third-order valence-corrected chi connectivity index (χ3v) is 6.51. The Morgan fingerprint density at radius 1 is 1.12 bits per heavy atom. The van der Waals surface area contributed by atoms with Crippen LogP contribution in [0.4, 0.5) is 0 Å². The first kappa shape index (κ1) is 13.3. The summed E-state index contributed by atoms with van der Waals surface area (Å²) in [6.45, 7) is 2.10. The van der Waals surface area contributed by atoms with Gasteiger partial charge in [0.05, 0.1) is 5.25 Å². The van der Waals surface area contributed by atoms with Gasteiger partial charge in [0.15, 0.2) is 0 Å². The topological polar surface area (TPSA) is 63.4 Å². The van der Waals surface area contributed by atoms with Crippen molar-refractivity contribution in [2.24, 2.45) is 11.7 Å². The van der Waals surface area contributed by atoms with Gasteiger partial charge in [-0.25, -0.2) is 12.7 Å². The molecule has 0 radical (unpaired) electrons. The maximum absolute atomic E-state index is 12.4. The number of nitrogens with two attached hydrogens (primary N) is 1. The van der Waals surface area contributed by atoms with Gasteiger partial charge >= 0.3 is 0 Å². The number of hydrogen-bond donors (Lipinski definition) is 1. The number of hydrogen-bond acceptors (Lipinski definition) is 3. The fraction of sp³-hybridized carbons (Fsp3) is 1.00. The van der Waals surface area contributed by atoms with E-state index in [9.17, 15) is 8.42 Å². The first-order valence-electron chi connectivity index (χ1n) is 6.83. The second-order valence-corrected chi connectivity index (χ2v) is 7.61. The summed E-state index contributed by atoms with van der Waals surface area (Å²) < 4.78 is 26.6. The molecule has 1 heterocycles. The lowest BCUT2D eigenvalue weighted by atomic mass is 9.96. The van der Waals surface area contributed by atoms with Crippen LogP contribution in [0.15, 0.2) is 0 Å². The van der Waals surface area contributed by atoms with Crippen molar-refractivity contribution in [2.45, 2.75) is 50.2 Å². The number of nitrogens with zero attached hydrogens (tertiary/aromatic N) is 1. The van der Waals surface area contributed by atoms with Crippen molar-refractivity contribution in [1.29, 1.82) is 0 Å². The molecule has 0 bridgehead atoms. The molecule has 4 nitrogen and oxygen atoms in total. The largest absolute Gasteiger partial charge is 0.330 e. The summed E-state index contributed by atoms with van der Waals surface area (Å²) in [4.78, 5) is 0. The lowest BCUT2D eigenvalue weighted by molar-refractivity contribution is 0.256. The Labute approximate surface area is 105 Å². The highest BCUT2D eigenvalue weighted by Crippen LogP contribution is 2.30. The van der Waals surface area contributed by atoms with Gasteiger partial charge in [-0.05, 0) is 44.6 Å². The van der Waals surface area contributed by atoms with Gasteiger partial charge in [-0.1, -0.05) is 12.8 Å². The van der Waals surface area contributed by atoms with Crippen molar-refractivity contribution < 1.29 is 8.42 Å². The third-order valence-electron chi connectivity index (χ3n) is 4.14.